The number of nitro groups is 2. The van der Waals surface area contributed by atoms with Crippen molar-refractivity contribution in [2.24, 2.45) is 0 Å². The van der Waals surface area contributed by atoms with E-state index in [1.807, 2.05) is 0 Å². The van der Waals surface area contributed by atoms with Gasteiger partial charge in [0.1, 0.15) is 5.69 Å². The summed E-state index contributed by atoms with van der Waals surface area (Å²) in [6, 6.07) is 7.12. The number of sulfonamides is 1. The van der Waals surface area contributed by atoms with E-state index in [0.29, 0.717) is 28.3 Å². The molecular formula is C25H21ClF6N4O6S2. The molecule has 0 unspecified atom stereocenters. The zero-order chi connectivity index (χ0) is 33.2. The minimum Gasteiger partial charge on any atom is -0.262 e. The third-order valence-electron chi connectivity index (χ3n) is 5.99. The maximum atomic E-state index is 14.4. The molecule has 0 bridgehead atoms. The van der Waals surface area contributed by atoms with Crippen LogP contribution in [0.3, 0.4) is 0 Å². The van der Waals surface area contributed by atoms with Gasteiger partial charge in [0.15, 0.2) is 0 Å². The number of non-ortho nitro benzene ring substituents is 1. The van der Waals surface area contributed by atoms with Crippen LogP contribution >= 0.6 is 23.7 Å². The van der Waals surface area contributed by atoms with Crippen molar-refractivity contribution in [3.8, 4) is 0 Å². The van der Waals surface area contributed by atoms with Crippen molar-refractivity contribution in [1.82, 2.24) is 3.71 Å². The van der Waals surface area contributed by atoms with E-state index in [-0.39, 0.29) is 45.5 Å². The van der Waals surface area contributed by atoms with E-state index in [4.69, 9.17) is 11.6 Å². The lowest BCUT2D eigenvalue weighted by Crippen LogP contribution is -2.31. The van der Waals surface area contributed by atoms with Crippen LogP contribution in [-0.4, -0.2) is 28.5 Å². The second-order valence-electron chi connectivity index (χ2n) is 9.06. The summed E-state index contributed by atoms with van der Waals surface area (Å²) in [5.74, 6) is 0. The molecule has 0 aliphatic rings. The highest BCUT2D eigenvalue weighted by molar-refractivity contribution is 8.09. The predicted octanol–water partition coefficient (Wildman–Crippen LogP) is 8.69. The zero-order valence-electron chi connectivity index (χ0n) is 22.5. The lowest BCUT2D eigenvalue weighted by atomic mass is 10.1. The standard InChI is InChI=1S/C25H21ClF6N4O6S2/c1-3-4-11-33(44(41,42)22-8-6-5-7-15(22)2)43-34(20-12-16(24(27,28)29)9-10-19(20)26)23-18(25(30,31)32)13-17(35(37)38)14-21(23)36(39)40/h5-10,12-14H,3-4,11H2,1-2H3. The van der Waals surface area contributed by atoms with Gasteiger partial charge in [0.2, 0.25) is 0 Å². The molecule has 3 rings (SSSR count). The molecule has 0 saturated carbocycles. The van der Waals surface area contributed by atoms with Gasteiger partial charge in [0.25, 0.3) is 15.7 Å². The molecule has 0 amide bonds. The van der Waals surface area contributed by atoms with E-state index in [2.05, 4.69) is 0 Å². The Bertz CT molecular complexity index is 1690. The normalized spacial score (nSPS) is 12.4. The van der Waals surface area contributed by atoms with E-state index < -0.39 is 77.7 Å². The average Bonchev–Trinajstić information content (AvgIpc) is 2.92. The topological polar surface area (TPSA) is 127 Å². The molecule has 3 aromatic rings. The number of nitrogens with zero attached hydrogens (tertiary/aromatic N) is 4. The number of alkyl halides is 6. The van der Waals surface area contributed by atoms with Crippen LogP contribution in [0.25, 0.3) is 0 Å². The van der Waals surface area contributed by atoms with Crippen molar-refractivity contribution in [1.29, 1.82) is 0 Å². The summed E-state index contributed by atoms with van der Waals surface area (Å²) in [4.78, 5) is 20.4. The minimum absolute atomic E-state index is 0.0381. The Hall–Kier alpha value is -3.61. The lowest BCUT2D eigenvalue weighted by molar-refractivity contribution is -0.394. The Kier molecular flexibility index (Phi) is 10.4. The van der Waals surface area contributed by atoms with Crippen molar-refractivity contribution in [3.63, 3.8) is 0 Å². The third kappa shape index (κ3) is 7.54. The van der Waals surface area contributed by atoms with Crippen molar-refractivity contribution >= 4 is 56.5 Å². The smallest absolute Gasteiger partial charge is 0.262 e. The molecule has 0 aromatic heterocycles. The molecule has 44 heavy (non-hydrogen) atoms. The predicted molar refractivity (Wildman–Crippen MR) is 151 cm³/mol. The molecule has 0 spiro atoms. The number of aryl methyl sites for hydroxylation is 1. The van der Waals surface area contributed by atoms with Crippen molar-refractivity contribution in [2.45, 2.75) is 43.9 Å². The van der Waals surface area contributed by atoms with Crippen LogP contribution < -0.4 is 4.31 Å². The maximum absolute atomic E-state index is 14.4. The summed E-state index contributed by atoms with van der Waals surface area (Å²) in [6.07, 6.45) is -10.2. The number of rotatable bonds is 11. The molecule has 238 valence electrons. The molecule has 0 aliphatic heterocycles. The van der Waals surface area contributed by atoms with Gasteiger partial charge >= 0.3 is 18.0 Å². The van der Waals surface area contributed by atoms with Crippen LogP contribution in [0.5, 0.6) is 0 Å². The highest BCUT2D eigenvalue weighted by Gasteiger charge is 2.44. The Balaban J connectivity index is 2.48. The van der Waals surface area contributed by atoms with Crippen molar-refractivity contribution in [2.75, 3.05) is 10.8 Å². The van der Waals surface area contributed by atoms with Gasteiger partial charge in [-0.15, -0.1) is 3.71 Å². The molecule has 0 saturated heterocycles. The Morgan fingerprint density at radius 3 is 2.09 bits per heavy atom. The largest absolute Gasteiger partial charge is 0.418 e. The second kappa shape index (κ2) is 13.2. The van der Waals surface area contributed by atoms with E-state index in [0.717, 1.165) is 0 Å². The first-order chi connectivity index (χ1) is 20.3. The van der Waals surface area contributed by atoms with Crippen LogP contribution in [-0.2, 0) is 22.4 Å². The second-order valence-corrected chi connectivity index (χ2v) is 12.5. The molecule has 0 fully saturated rings. The molecule has 0 N–H and O–H groups in total. The fraction of sp³-hybridized carbons (Fsp3) is 0.280. The number of nitro benzene ring substituents is 2. The summed E-state index contributed by atoms with van der Waals surface area (Å²) in [6.45, 7) is 2.68. The van der Waals surface area contributed by atoms with Crippen LogP contribution in [0, 0.1) is 27.2 Å². The van der Waals surface area contributed by atoms with Crippen molar-refractivity contribution < 1.29 is 44.6 Å². The molecule has 10 nitrogen and oxygen atoms in total. The SMILES string of the molecule is CCCCN(SN(c1cc(C(F)(F)F)ccc1Cl)c1c([N+](=O)[O-])cc([N+](=O)[O-])cc1C(F)(F)F)S(=O)(=O)c1ccccc1C. The van der Waals surface area contributed by atoms with Gasteiger partial charge in [-0.1, -0.05) is 43.1 Å². The summed E-state index contributed by atoms with van der Waals surface area (Å²) >= 11 is 6.07. The lowest BCUT2D eigenvalue weighted by Gasteiger charge is -2.32. The van der Waals surface area contributed by atoms with Gasteiger partial charge in [0.05, 0.1) is 54.8 Å². The first-order valence-electron chi connectivity index (χ1n) is 12.3. The minimum atomic E-state index is -5.55. The molecule has 0 radical (unpaired) electrons. The number of anilines is 2. The average molecular weight is 687 g/mol. The van der Waals surface area contributed by atoms with E-state index in [9.17, 15) is 55.0 Å². The maximum Gasteiger partial charge on any atom is 0.418 e. The van der Waals surface area contributed by atoms with E-state index in [1.54, 1.807) is 6.92 Å². The molecular weight excluding hydrogens is 666 g/mol. The molecule has 3 aromatic carbocycles. The fourth-order valence-corrected chi connectivity index (χ4v) is 7.13. The number of unbranched alkanes of at least 4 members (excludes halogenated alkanes) is 1. The van der Waals surface area contributed by atoms with Crippen LogP contribution in [0.2, 0.25) is 5.02 Å². The van der Waals surface area contributed by atoms with Gasteiger partial charge < -0.3 is 0 Å². The summed E-state index contributed by atoms with van der Waals surface area (Å²) in [7, 11) is -4.64. The Morgan fingerprint density at radius 2 is 1.57 bits per heavy atom. The molecule has 0 aliphatic carbocycles. The fourth-order valence-electron chi connectivity index (χ4n) is 3.87. The van der Waals surface area contributed by atoms with Gasteiger partial charge in [-0.05, 0) is 43.2 Å². The highest BCUT2D eigenvalue weighted by Crippen LogP contribution is 2.52. The first kappa shape index (κ1) is 34.9. The van der Waals surface area contributed by atoms with Crippen molar-refractivity contribution in [3.05, 3.63) is 96.5 Å². The first-order valence-corrected chi connectivity index (χ1v) is 14.8. The van der Waals surface area contributed by atoms with Crippen LogP contribution in [0.4, 0.5) is 49.1 Å². The van der Waals surface area contributed by atoms with E-state index >= 15 is 0 Å². The quantitative estimate of drug-likeness (QED) is 0.0848. The van der Waals surface area contributed by atoms with Gasteiger partial charge in [0, 0.05) is 12.6 Å². The van der Waals surface area contributed by atoms with Gasteiger partial charge in [-0.2, -0.15) is 26.3 Å². The monoisotopic (exact) mass is 686 g/mol. The number of hydrogen-bond donors (Lipinski definition) is 0. The van der Waals surface area contributed by atoms with Gasteiger partial charge in [-0.3, -0.25) is 24.5 Å². The third-order valence-corrected chi connectivity index (χ3v) is 9.74. The zero-order valence-corrected chi connectivity index (χ0v) is 24.9. The Labute approximate surface area is 255 Å². The summed E-state index contributed by atoms with van der Waals surface area (Å²) in [5, 5.41) is 22.8. The molecule has 0 heterocycles. The molecule has 0 atom stereocenters. The Morgan fingerprint density at radius 1 is 0.932 bits per heavy atom. The molecule has 19 heteroatoms. The number of hydrogen-bond acceptors (Lipinski definition) is 8. The summed E-state index contributed by atoms with van der Waals surface area (Å²) < 4.78 is 113. The van der Waals surface area contributed by atoms with E-state index in [1.165, 1.54) is 31.2 Å². The van der Waals surface area contributed by atoms with Gasteiger partial charge in [-0.25, -0.2) is 8.42 Å². The number of benzene rings is 3. The highest BCUT2D eigenvalue weighted by atomic mass is 35.5. The summed E-state index contributed by atoms with van der Waals surface area (Å²) in [5.41, 5.74) is -8.49. The number of halogens is 7. The van der Waals surface area contributed by atoms with Crippen LogP contribution in [0.15, 0.2) is 59.5 Å². The van der Waals surface area contributed by atoms with Crippen LogP contribution in [0.1, 0.15) is 36.5 Å².